The van der Waals surface area contributed by atoms with E-state index in [9.17, 15) is 4.79 Å². The van der Waals surface area contributed by atoms with Crippen molar-refractivity contribution in [1.82, 2.24) is 0 Å². The zero-order valence-electron chi connectivity index (χ0n) is 10.2. The normalized spacial score (nSPS) is 12.8. The summed E-state index contributed by atoms with van der Waals surface area (Å²) in [6.45, 7) is 6.24. The first-order valence-electron chi connectivity index (χ1n) is 5.58. The third-order valence-electron chi connectivity index (χ3n) is 2.43. The fourth-order valence-electron chi connectivity index (χ4n) is 1.60. The summed E-state index contributed by atoms with van der Waals surface area (Å²) >= 11 is 11.9. The van der Waals surface area contributed by atoms with Gasteiger partial charge in [-0.2, -0.15) is 0 Å². The van der Waals surface area contributed by atoms with Gasteiger partial charge < -0.3 is 4.74 Å². The average Bonchev–Trinajstić information content (AvgIpc) is 2.28. The SMILES string of the molecule is CCOC(C(=O)c1cccc(Cl)c1Cl)C(C)C. The van der Waals surface area contributed by atoms with Crippen LogP contribution in [0.4, 0.5) is 0 Å². The molecule has 0 spiro atoms. The fourth-order valence-corrected chi connectivity index (χ4v) is 1.99. The zero-order valence-corrected chi connectivity index (χ0v) is 11.7. The minimum Gasteiger partial charge on any atom is -0.370 e. The van der Waals surface area contributed by atoms with Gasteiger partial charge in [0.05, 0.1) is 10.0 Å². The van der Waals surface area contributed by atoms with E-state index >= 15 is 0 Å². The lowest BCUT2D eigenvalue weighted by Crippen LogP contribution is -2.30. The molecule has 0 heterocycles. The number of carbonyl (C=O) groups excluding carboxylic acids is 1. The van der Waals surface area contributed by atoms with Gasteiger partial charge in [0, 0.05) is 12.2 Å². The molecule has 0 bridgehead atoms. The van der Waals surface area contributed by atoms with Crippen LogP contribution in [0.3, 0.4) is 0 Å². The van der Waals surface area contributed by atoms with Gasteiger partial charge in [0.25, 0.3) is 0 Å². The summed E-state index contributed by atoms with van der Waals surface area (Å²) < 4.78 is 5.46. The minimum atomic E-state index is -0.476. The Morgan fingerprint density at radius 1 is 1.35 bits per heavy atom. The Morgan fingerprint density at radius 3 is 2.53 bits per heavy atom. The highest BCUT2D eigenvalue weighted by atomic mass is 35.5. The van der Waals surface area contributed by atoms with E-state index in [4.69, 9.17) is 27.9 Å². The van der Waals surface area contributed by atoms with E-state index in [0.29, 0.717) is 22.2 Å². The lowest BCUT2D eigenvalue weighted by Gasteiger charge is -2.20. The smallest absolute Gasteiger partial charge is 0.193 e. The van der Waals surface area contributed by atoms with E-state index < -0.39 is 6.10 Å². The number of Topliss-reactive ketones (excluding diaryl/α,β-unsaturated/α-hetero) is 1. The molecule has 0 amide bonds. The zero-order chi connectivity index (χ0) is 13.0. The predicted molar refractivity (Wildman–Crippen MR) is 71.0 cm³/mol. The molecular weight excluding hydrogens is 259 g/mol. The van der Waals surface area contributed by atoms with Crippen molar-refractivity contribution in [3.8, 4) is 0 Å². The number of hydrogen-bond donors (Lipinski definition) is 0. The molecule has 0 aliphatic heterocycles. The molecule has 1 rings (SSSR count). The molecule has 0 aromatic heterocycles. The Balaban J connectivity index is 3.05. The number of rotatable bonds is 5. The second kappa shape index (κ2) is 6.39. The summed E-state index contributed by atoms with van der Waals surface area (Å²) in [4.78, 5) is 12.3. The summed E-state index contributed by atoms with van der Waals surface area (Å²) in [6, 6.07) is 5.04. The second-order valence-electron chi connectivity index (χ2n) is 4.09. The monoisotopic (exact) mass is 274 g/mol. The van der Waals surface area contributed by atoms with Crippen molar-refractivity contribution in [3.63, 3.8) is 0 Å². The molecule has 0 aliphatic rings. The molecule has 0 saturated heterocycles. The molecule has 1 unspecified atom stereocenters. The van der Waals surface area contributed by atoms with E-state index in [0.717, 1.165) is 0 Å². The van der Waals surface area contributed by atoms with Gasteiger partial charge in [-0.15, -0.1) is 0 Å². The number of halogens is 2. The molecule has 94 valence electrons. The molecule has 2 nitrogen and oxygen atoms in total. The first-order valence-corrected chi connectivity index (χ1v) is 6.34. The van der Waals surface area contributed by atoms with Gasteiger partial charge in [0.2, 0.25) is 0 Å². The van der Waals surface area contributed by atoms with Crippen molar-refractivity contribution in [3.05, 3.63) is 33.8 Å². The minimum absolute atomic E-state index is 0.0949. The van der Waals surface area contributed by atoms with Crippen LogP contribution >= 0.6 is 23.2 Å². The van der Waals surface area contributed by atoms with E-state index in [1.165, 1.54) is 0 Å². The van der Waals surface area contributed by atoms with Gasteiger partial charge >= 0.3 is 0 Å². The van der Waals surface area contributed by atoms with Crippen LogP contribution in [0.5, 0.6) is 0 Å². The van der Waals surface area contributed by atoms with E-state index in [2.05, 4.69) is 0 Å². The summed E-state index contributed by atoms with van der Waals surface area (Å²) in [5.74, 6) is -0.0214. The predicted octanol–water partition coefficient (Wildman–Crippen LogP) is 4.24. The molecule has 0 fully saturated rings. The Labute approximate surface area is 112 Å². The maximum Gasteiger partial charge on any atom is 0.193 e. The maximum atomic E-state index is 12.3. The largest absolute Gasteiger partial charge is 0.370 e. The van der Waals surface area contributed by atoms with Crippen LogP contribution < -0.4 is 0 Å². The number of hydrogen-bond acceptors (Lipinski definition) is 2. The van der Waals surface area contributed by atoms with Crippen molar-refractivity contribution >= 4 is 29.0 Å². The van der Waals surface area contributed by atoms with Crippen molar-refractivity contribution < 1.29 is 9.53 Å². The van der Waals surface area contributed by atoms with Gasteiger partial charge in [-0.1, -0.05) is 43.1 Å². The average molecular weight is 275 g/mol. The summed E-state index contributed by atoms with van der Waals surface area (Å²) in [7, 11) is 0. The topological polar surface area (TPSA) is 26.3 Å². The third-order valence-corrected chi connectivity index (χ3v) is 3.25. The highest BCUT2D eigenvalue weighted by Gasteiger charge is 2.25. The van der Waals surface area contributed by atoms with Crippen LogP contribution in [0.1, 0.15) is 31.1 Å². The van der Waals surface area contributed by atoms with E-state index in [1.54, 1.807) is 18.2 Å². The van der Waals surface area contributed by atoms with Crippen molar-refractivity contribution in [1.29, 1.82) is 0 Å². The van der Waals surface area contributed by atoms with Gasteiger partial charge in [-0.25, -0.2) is 0 Å². The van der Waals surface area contributed by atoms with Crippen LogP contribution in [0.2, 0.25) is 10.0 Å². The highest BCUT2D eigenvalue weighted by molar-refractivity contribution is 6.44. The van der Waals surface area contributed by atoms with Crippen molar-refractivity contribution in [2.75, 3.05) is 6.61 Å². The first kappa shape index (κ1) is 14.5. The summed E-state index contributed by atoms with van der Waals surface area (Å²) in [5, 5.41) is 0.682. The Kier molecular flexibility index (Phi) is 5.44. The highest BCUT2D eigenvalue weighted by Crippen LogP contribution is 2.27. The molecule has 1 atom stereocenters. The number of ketones is 1. The fraction of sp³-hybridized carbons (Fsp3) is 0.462. The van der Waals surface area contributed by atoms with Crippen LogP contribution in [-0.4, -0.2) is 18.5 Å². The molecule has 0 aliphatic carbocycles. The summed E-state index contributed by atoms with van der Waals surface area (Å²) in [6.07, 6.45) is -0.476. The standard InChI is InChI=1S/C13H16Cl2O2/c1-4-17-13(8(2)3)12(16)9-6-5-7-10(14)11(9)15/h5-8,13H,4H2,1-3H3. The number of carbonyl (C=O) groups is 1. The Bertz CT molecular complexity index is 402. The Morgan fingerprint density at radius 2 is 2.00 bits per heavy atom. The van der Waals surface area contributed by atoms with Gasteiger partial charge in [0.1, 0.15) is 6.10 Å². The third kappa shape index (κ3) is 3.44. The van der Waals surface area contributed by atoms with Crippen LogP contribution in [-0.2, 0) is 4.74 Å². The molecule has 17 heavy (non-hydrogen) atoms. The van der Waals surface area contributed by atoms with E-state index in [-0.39, 0.29) is 11.7 Å². The van der Waals surface area contributed by atoms with Crippen LogP contribution in [0, 0.1) is 5.92 Å². The molecule has 1 aromatic rings. The molecule has 0 saturated carbocycles. The Hall–Kier alpha value is -0.570. The molecule has 0 N–H and O–H groups in total. The number of ether oxygens (including phenoxy) is 1. The quantitative estimate of drug-likeness (QED) is 0.751. The molecule has 0 radical (unpaired) electrons. The lowest BCUT2D eigenvalue weighted by molar-refractivity contribution is 0.0280. The maximum absolute atomic E-state index is 12.3. The molecule has 4 heteroatoms. The second-order valence-corrected chi connectivity index (χ2v) is 4.87. The number of benzene rings is 1. The van der Waals surface area contributed by atoms with Gasteiger partial charge in [0.15, 0.2) is 5.78 Å². The first-order chi connectivity index (χ1) is 7.99. The van der Waals surface area contributed by atoms with Gasteiger partial charge in [-0.3, -0.25) is 4.79 Å². The van der Waals surface area contributed by atoms with E-state index in [1.807, 2.05) is 20.8 Å². The van der Waals surface area contributed by atoms with Gasteiger partial charge in [-0.05, 0) is 25.0 Å². The molecular formula is C13H16Cl2O2. The molecule has 1 aromatic carbocycles. The van der Waals surface area contributed by atoms with Crippen LogP contribution in [0.25, 0.3) is 0 Å². The van der Waals surface area contributed by atoms with Crippen molar-refractivity contribution in [2.24, 2.45) is 5.92 Å². The van der Waals surface area contributed by atoms with Crippen molar-refractivity contribution in [2.45, 2.75) is 26.9 Å². The summed E-state index contributed by atoms with van der Waals surface area (Å²) in [5.41, 5.74) is 0.423. The van der Waals surface area contributed by atoms with Crippen LogP contribution in [0.15, 0.2) is 18.2 Å². The lowest BCUT2D eigenvalue weighted by atomic mass is 9.97.